The number of benzene rings is 1. The number of esters is 1. The Bertz CT molecular complexity index is 663. The first kappa shape index (κ1) is 18.5. The zero-order valence-electron chi connectivity index (χ0n) is 13.8. The molecule has 5 nitrogen and oxygen atoms in total. The van der Waals surface area contributed by atoms with Crippen molar-refractivity contribution in [2.24, 2.45) is 0 Å². The average Bonchev–Trinajstić information content (AvgIpc) is 2.60. The highest BCUT2D eigenvalue weighted by molar-refractivity contribution is 6.35. The molecule has 1 aromatic carbocycles. The van der Waals surface area contributed by atoms with Crippen LogP contribution in [0.25, 0.3) is 10.9 Å². The van der Waals surface area contributed by atoms with Crippen LogP contribution in [0, 0.1) is 0 Å². The largest absolute Gasteiger partial charge is 0.480 e. The number of hydrogen-bond donors (Lipinski definition) is 0. The molecule has 2 rings (SSSR count). The molecule has 0 unspecified atom stereocenters. The number of rotatable bonds is 10. The first-order valence-corrected chi connectivity index (χ1v) is 8.49. The van der Waals surface area contributed by atoms with E-state index in [1.54, 1.807) is 24.4 Å². The van der Waals surface area contributed by atoms with Crippen LogP contribution in [0.15, 0.2) is 30.5 Å². The summed E-state index contributed by atoms with van der Waals surface area (Å²) >= 11 is 6.12. The lowest BCUT2D eigenvalue weighted by Gasteiger charge is -2.09. The molecule has 0 bridgehead atoms. The molecule has 0 N–H and O–H groups in total. The summed E-state index contributed by atoms with van der Waals surface area (Å²) in [7, 11) is 0. The lowest BCUT2D eigenvalue weighted by Crippen LogP contribution is -2.16. The van der Waals surface area contributed by atoms with Gasteiger partial charge in [-0.3, -0.25) is 4.98 Å². The number of carbonyl (C=O) groups is 1. The minimum absolute atomic E-state index is 0.153. The lowest BCUT2D eigenvalue weighted by molar-refractivity contribution is -0.146. The molecule has 0 aliphatic carbocycles. The molecule has 2 aromatic rings. The van der Waals surface area contributed by atoms with Gasteiger partial charge in [0.05, 0.1) is 11.6 Å². The maximum Gasteiger partial charge on any atom is 0.344 e. The number of fused-ring (bicyclic) bond motifs is 1. The molecule has 0 radical (unpaired) electrons. The van der Waals surface area contributed by atoms with E-state index in [0.717, 1.165) is 31.3 Å². The maximum absolute atomic E-state index is 11.7. The van der Waals surface area contributed by atoms with Gasteiger partial charge in [0.1, 0.15) is 11.3 Å². The normalized spacial score (nSPS) is 10.8. The topological polar surface area (TPSA) is 57.7 Å². The van der Waals surface area contributed by atoms with Gasteiger partial charge in [-0.25, -0.2) is 4.79 Å². The Hall–Kier alpha value is -1.85. The molecule has 6 heteroatoms. The number of carbonyl (C=O) groups excluding carboxylic acids is 1. The van der Waals surface area contributed by atoms with Crippen molar-refractivity contribution < 1.29 is 19.0 Å². The number of aromatic nitrogens is 1. The van der Waals surface area contributed by atoms with Crippen LogP contribution < -0.4 is 4.74 Å². The zero-order chi connectivity index (χ0) is 17.2. The highest BCUT2D eigenvalue weighted by Gasteiger charge is 2.09. The fraction of sp³-hybridized carbons (Fsp3) is 0.444. The van der Waals surface area contributed by atoms with Gasteiger partial charge in [-0.15, -0.1) is 0 Å². The maximum atomic E-state index is 11.7. The summed E-state index contributed by atoms with van der Waals surface area (Å²) in [6.07, 6.45) is 4.33. The van der Waals surface area contributed by atoms with Crippen LogP contribution in [0.2, 0.25) is 5.02 Å². The Kier molecular flexibility index (Phi) is 7.79. The minimum atomic E-state index is -0.400. The third-order valence-corrected chi connectivity index (χ3v) is 3.65. The summed E-state index contributed by atoms with van der Waals surface area (Å²) in [4.78, 5) is 16.0. The van der Waals surface area contributed by atoms with Crippen molar-refractivity contribution in [2.45, 2.75) is 26.2 Å². The molecule has 24 heavy (non-hydrogen) atoms. The SMILES string of the molecule is CCCOCCCCOC(=O)COc1ccc(Cl)c2cccnc12. The first-order valence-electron chi connectivity index (χ1n) is 8.11. The van der Waals surface area contributed by atoms with Gasteiger partial charge in [0.2, 0.25) is 0 Å². The van der Waals surface area contributed by atoms with Gasteiger partial charge < -0.3 is 14.2 Å². The Morgan fingerprint density at radius 1 is 1.17 bits per heavy atom. The van der Waals surface area contributed by atoms with Crippen LogP contribution in [0.1, 0.15) is 26.2 Å². The van der Waals surface area contributed by atoms with Gasteiger partial charge in [0.15, 0.2) is 6.61 Å². The molecule has 0 amide bonds. The van der Waals surface area contributed by atoms with Crippen molar-refractivity contribution in [2.75, 3.05) is 26.4 Å². The predicted molar refractivity (Wildman–Crippen MR) is 93.6 cm³/mol. The van der Waals surface area contributed by atoms with E-state index in [4.69, 9.17) is 25.8 Å². The smallest absolute Gasteiger partial charge is 0.344 e. The predicted octanol–water partition coefficient (Wildman–Crippen LogP) is 4.02. The Labute approximate surface area is 146 Å². The van der Waals surface area contributed by atoms with Crippen LogP contribution in [0.5, 0.6) is 5.75 Å². The van der Waals surface area contributed by atoms with E-state index >= 15 is 0 Å². The Morgan fingerprint density at radius 2 is 2.00 bits per heavy atom. The zero-order valence-corrected chi connectivity index (χ0v) is 14.6. The third-order valence-electron chi connectivity index (χ3n) is 3.32. The van der Waals surface area contributed by atoms with E-state index in [2.05, 4.69) is 11.9 Å². The number of hydrogen-bond acceptors (Lipinski definition) is 5. The van der Waals surface area contributed by atoms with E-state index in [-0.39, 0.29) is 6.61 Å². The van der Waals surface area contributed by atoms with E-state index in [0.29, 0.717) is 29.5 Å². The van der Waals surface area contributed by atoms with Gasteiger partial charge in [-0.2, -0.15) is 0 Å². The van der Waals surface area contributed by atoms with Crippen LogP contribution in [-0.2, 0) is 14.3 Å². The molecule has 0 saturated carbocycles. The monoisotopic (exact) mass is 351 g/mol. The second-order valence-corrected chi connectivity index (χ2v) is 5.68. The molecule has 1 heterocycles. The van der Waals surface area contributed by atoms with Crippen molar-refractivity contribution >= 4 is 28.5 Å². The van der Waals surface area contributed by atoms with Gasteiger partial charge in [-0.05, 0) is 43.5 Å². The number of ether oxygens (including phenoxy) is 3. The van der Waals surface area contributed by atoms with E-state index in [1.807, 2.05) is 6.07 Å². The van der Waals surface area contributed by atoms with Crippen LogP contribution in [0.4, 0.5) is 0 Å². The number of pyridine rings is 1. The van der Waals surface area contributed by atoms with E-state index < -0.39 is 5.97 Å². The van der Waals surface area contributed by atoms with Crippen molar-refractivity contribution in [1.82, 2.24) is 4.98 Å². The van der Waals surface area contributed by atoms with Gasteiger partial charge in [-0.1, -0.05) is 18.5 Å². The molecule has 130 valence electrons. The number of halogens is 1. The molecule has 0 fully saturated rings. The third kappa shape index (κ3) is 5.65. The Balaban J connectivity index is 1.74. The van der Waals surface area contributed by atoms with Crippen LogP contribution >= 0.6 is 11.6 Å². The highest BCUT2D eigenvalue weighted by Crippen LogP contribution is 2.29. The second-order valence-electron chi connectivity index (χ2n) is 5.27. The van der Waals surface area contributed by atoms with Crippen molar-refractivity contribution in [3.05, 3.63) is 35.5 Å². The van der Waals surface area contributed by atoms with E-state index in [9.17, 15) is 4.79 Å². The molecule has 0 aliphatic heterocycles. The highest BCUT2D eigenvalue weighted by atomic mass is 35.5. The molecular formula is C18H22ClNO4. The minimum Gasteiger partial charge on any atom is -0.480 e. The van der Waals surface area contributed by atoms with Crippen LogP contribution in [0.3, 0.4) is 0 Å². The fourth-order valence-corrected chi connectivity index (χ4v) is 2.36. The number of nitrogens with zero attached hydrogens (tertiary/aromatic N) is 1. The lowest BCUT2D eigenvalue weighted by atomic mass is 10.2. The van der Waals surface area contributed by atoms with Crippen molar-refractivity contribution in [3.8, 4) is 5.75 Å². The van der Waals surface area contributed by atoms with Crippen LogP contribution in [-0.4, -0.2) is 37.4 Å². The molecule has 0 saturated heterocycles. The van der Waals surface area contributed by atoms with E-state index in [1.165, 1.54) is 0 Å². The fourth-order valence-electron chi connectivity index (χ4n) is 2.15. The Morgan fingerprint density at radius 3 is 2.83 bits per heavy atom. The summed E-state index contributed by atoms with van der Waals surface area (Å²) in [5, 5.41) is 1.38. The van der Waals surface area contributed by atoms with Crippen molar-refractivity contribution in [1.29, 1.82) is 0 Å². The molecule has 0 atom stereocenters. The second kappa shape index (κ2) is 10.1. The summed E-state index contributed by atoms with van der Waals surface area (Å²) < 4.78 is 16.0. The van der Waals surface area contributed by atoms with Crippen molar-refractivity contribution in [3.63, 3.8) is 0 Å². The van der Waals surface area contributed by atoms with Gasteiger partial charge in [0, 0.05) is 24.8 Å². The summed E-state index contributed by atoms with van der Waals surface area (Å²) in [6.45, 7) is 3.76. The molecule has 0 spiro atoms. The summed E-state index contributed by atoms with van der Waals surface area (Å²) in [5.74, 6) is 0.114. The number of unbranched alkanes of at least 4 members (excludes halogenated alkanes) is 1. The standard InChI is InChI=1S/C18H22ClNO4/c1-2-10-22-11-3-4-12-23-17(21)13-24-16-8-7-15(19)14-6-5-9-20-18(14)16/h5-9H,2-4,10-13H2,1H3. The quantitative estimate of drug-likeness (QED) is 0.478. The van der Waals surface area contributed by atoms with Gasteiger partial charge >= 0.3 is 5.97 Å². The average molecular weight is 352 g/mol. The first-order chi connectivity index (χ1) is 11.7. The molecular weight excluding hydrogens is 330 g/mol. The summed E-state index contributed by atoms with van der Waals surface area (Å²) in [5.41, 5.74) is 0.630. The van der Waals surface area contributed by atoms with Gasteiger partial charge in [0.25, 0.3) is 0 Å². The summed E-state index contributed by atoms with van der Waals surface area (Å²) in [6, 6.07) is 7.09. The molecule has 0 aliphatic rings. The molecule has 1 aromatic heterocycles.